The second-order valence-corrected chi connectivity index (χ2v) is 4.21. The van der Waals surface area contributed by atoms with Gasteiger partial charge in [-0.05, 0) is 12.8 Å². The van der Waals surface area contributed by atoms with Crippen molar-refractivity contribution >= 4 is 5.91 Å². The van der Waals surface area contributed by atoms with Crippen LogP contribution in [0.1, 0.15) is 26.2 Å². The average molecular weight is 185 g/mol. The summed E-state index contributed by atoms with van der Waals surface area (Å²) in [5.41, 5.74) is -0.424. The Morgan fingerprint density at radius 3 is 2.62 bits per heavy atom. The molecule has 0 aromatic carbocycles. The van der Waals surface area contributed by atoms with Crippen LogP contribution >= 0.6 is 0 Å². The predicted molar refractivity (Wildman–Crippen MR) is 46.2 cm³/mol. The number of carbonyl (C=O) groups is 1. The summed E-state index contributed by atoms with van der Waals surface area (Å²) >= 11 is 0. The number of hydrogen-bond donors (Lipinski definition) is 2. The average Bonchev–Trinajstić information content (AvgIpc) is 2.55. The zero-order valence-electron chi connectivity index (χ0n) is 7.80. The number of aliphatic hydroxyl groups excluding tert-OH is 1. The van der Waals surface area contributed by atoms with Crippen molar-refractivity contribution in [2.75, 3.05) is 13.2 Å². The normalized spacial score (nSPS) is 41.4. The van der Waals surface area contributed by atoms with E-state index in [1.165, 1.54) is 6.92 Å². The molecule has 2 aliphatic heterocycles. The first-order valence-corrected chi connectivity index (χ1v) is 4.65. The molecule has 0 spiro atoms. The van der Waals surface area contributed by atoms with Crippen LogP contribution in [0, 0.1) is 0 Å². The number of carbonyl (C=O) groups excluding carboxylic acids is 1. The smallest absolute Gasteiger partial charge is 0.216 e. The van der Waals surface area contributed by atoms with Gasteiger partial charge in [0, 0.05) is 19.9 Å². The Labute approximate surface area is 77.3 Å². The third kappa shape index (κ3) is 1.34. The third-order valence-corrected chi connectivity index (χ3v) is 3.06. The van der Waals surface area contributed by atoms with Crippen LogP contribution in [0.25, 0.3) is 0 Å². The molecule has 1 saturated carbocycles. The second-order valence-electron chi connectivity index (χ2n) is 4.21. The van der Waals surface area contributed by atoms with Crippen LogP contribution in [0.5, 0.6) is 0 Å². The highest BCUT2D eigenvalue weighted by atomic mass is 16.6. The lowest BCUT2D eigenvalue weighted by atomic mass is 9.89. The van der Waals surface area contributed by atoms with Crippen LogP contribution in [0.15, 0.2) is 0 Å². The molecule has 3 rings (SSSR count). The fourth-order valence-electron chi connectivity index (χ4n) is 2.41. The summed E-state index contributed by atoms with van der Waals surface area (Å²) in [7, 11) is 0. The molecular weight excluding hydrogens is 170 g/mol. The van der Waals surface area contributed by atoms with Crippen molar-refractivity contribution in [3.05, 3.63) is 0 Å². The summed E-state index contributed by atoms with van der Waals surface area (Å²) < 4.78 is 5.66. The molecule has 1 amide bonds. The molecule has 1 aliphatic carbocycles. The van der Waals surface area contributed by atoms with Crippen LogP contribution in [0.4, 0.5) is 0 Å². The largest absolute Gasteiger partial charge is 0.393 e. The molecule has 2 N–H and O–H groups in total. The van der Waals surface area contributed by atoms with Crippen LogP contribution in [-0.2, 0) is 9.53 Å². The minimum Gasteiger partial charge on any atom is -0.393 e. The van der Waals surface area contributed by atoms with E-state index < -0.39 is 0 Å². The van der Waals surface area contributed by atoms with E-state index in [9.17, 15) is 4.79 Å². The highest BCUT2D eigenvalue weighted by molar-refractivity contribution is 5.72. The van der Waals surface area contributed by atoms with Gasteiger partial charge in [0.15, 0.2) is 0 Å². The maximum absolute atomic E-state index is 10.7. The minimum absolute atomic E-state index is 0.0219. The van der Waals surface area contributed by atoms with E-state index in [4.69, 9.17) is 9.84 Å². The van der Waals surface area contributed by atoms with Gasteiger partial charge in [0.25, 0.3) is 0 Å². The van der Waals surface area contributed by atoms with E-state index in [-0.39, 0.29) is 23.7 Å². The Balaban J connectivity index is 1.87. The number of hydrogen-bond acceptors (Lipinski definition) is 3. The zero-order chi connectivity index (χ0) is 9.53. The summed E-state index contributed by atoms with van der Waals surface area (Å²) in [6.45, 7) is 2.20. The van der Waals surface area contributed by atoms with Crippen molar-refractivity contribution < 1.29 is 14.6 Å². The van der Waals surface area contributed by atoms with Gasteiger partial charge in [0.05, 0.1) is 17.8 Å². The van der Waals surface area contributed by atoms with Gasteiger partial charge < -0.3 is 15.2 Å². The molecule has 0 radical (unpaired) electrons. The lowest BCUT2D eigenvalue weighted by Gasteiger charge is -2.46. The second kappa shape index (κ2) is 2.69. The molecule has 4 nitrogen and oxygen atoms in total. The van der Waals surface area contributed by atoms with Gasteiger partial charge in [-0.15, -0.1) is 0 Å². The maximum atomic E-state index is 10.7. The Morgan fingerprint density at radius 2 is 2.15 bits per heavy atom. The number of aliphatic hydroxyl groups is 1. The molecule has 2 atom stereocenters. The molecule has 2 unspecified atom stereocenters. The van der Waals surface area contributed by atoms with Gasteiger partial charge in [-0.2, -0.15) is 0 Å². The van der Waals surface area contributed by atoms with E-state index in [1.807, 2.05) is 0 Å². The van der Waals surface area contributed by atoms with Crippen molar-refractivity contribution in [3.8, 4) is 0 Å². The molecule has 13 heavy (non-hydrogen) atoms. The van der Waals surface area contributed by atoms with E-state index in [2.05, 4.69) is 5.32 Å². The number of amides is 1. The van der Waals surface area contributed by atoms with Gasteiger partial charge in [-0.3, -0.25) is 4.79 Å². The van der Waals surface area contributed by atoms with E-state index in [0.717, 1.165) is 19.3 Å². The predicted octanol–water partition coefficient (Wildman–Crippen LogP) is -0.194. The fourth-order valence-corrected chi connectivity index (χ4v) is 2.41. The lowest BCUT2D eigenvalue weighted by Crippen LogP contribution is -2.58. The summed E-state index contributed by atoms with van der Waals surface area (Å²) in [4.78, 5) is 10.7. The van der Waals surface area contributed by atoms with Crippen LogP contribution in [0.3, 0.4) is 0 Å². The van der Waals surface area contributed by atoms with Gasteiger partial charge in [0.2, 0.25) is 5.91 Å². The van der Waals surface area contributed by atoms with Crippen LogP contribution in [0.2, 0.25) is 0 Å². The highest BCUT2D eigenvalue weighted by Gasteiger charge is 2.61. The molecule has 2 bridgehead atoms. The SMILES string of the molecule is CC(=O)NCC12CCC(CO)(C1)O2. The number of ether oxygens (including phenoxy) is 1. The summed E-state index contributed by atoms with van der Waals surface area (Å²) in [5, 5.41) is 11.8. The van der Waals surface area contributed by atoms with Crippen LogP contribution in [-0.4, -0.2) is 35.4 Å². The van der Waals surface area contributed by atoms with Gasteiger partial charge >= 0.3 is 0 Å². The molecule has 3 aliphatic rings. The maximum Gasteiger partial charge on any atom is 0.216 e. The van der Waals surface area contributed by atoms with Crippen molar-refractivity contribution in [3.63, 3.8) is 0 Å². The first kappa shape index (κ1) is 8.97. The topological polar surface area (TPSA) is 58.6 Å². The Morgan fingerprint density at radius 1 is 1.54 bits per heavy atom. The zero-order valence-corrected chi connectivity index (χ0v) is 7.80. The first-order chi connectivity index (χ1) is 6.10. The summed E-state index contributed by atoms with van der Waals surface area (Å²) in [6.07, 6.45) is 2.76. The molecule has 74 valence electrons. The molecule has 4 heteroatoms. The van der Waals surface area contributed by atoms with Crippen molar-refractivity contribution in [1.29, 1.82) is 0 Å². The molecule has 3 fully saturated rings. The molecule has 0 aromatic rings. The van der Waals surface area contributed by atoms with Gasteiger partial charge in [-0.1, -0.05) is 0 Å². The van der Waals surface area contributed by atoms with Crippen molar-refractivity contribution in [2.24, 2.45) is 0 Å². The van der Waals surface area contributed by atoms with E-state index >= 15 is 0 Å². The Hall–Kier alpha value is -0.610. The van der Waals surface area contributed by atoms with Crippen molar-refractivity contribution in [1.82, 2.24) is 5.32 Å². The molecule has 2 heterocycles. The first-order valence-electron chi connectivity index (χ1n) is 4.65. The van der Waals surface area contributed by atoms with Crippen LogP contribution < -0.4 is 5.32 Å². The van der Waals surface area contributed by atoms with Gasteiger partial charge in [0.1, 0.15) is 0 Å². The summed E-state index contributed by atoms with van der Waals surface area (Å²) in [6, 6.07) is 0. The standard InChI is InChI=1S/C9H15NO3/c1-7(12)10-5-8-2-3-9(4-8,6-11)13-8/h11H,2-6H2,1H3,(H,10,12). The van der Waals surface area contributed by atoms with E-state index in [1.54, 1.807) is 0 Å². The lowest BCUT2D eigenvalue weighted by molar-refractivity contribution is -0.231. The third-order valence-electron chi connectivity index (χ3n) is 3.06. The molecular formula is C9H15NO3. The quantitative estimate of drug-likeness (QED) is 0.640. The highest BCUT2D eigenvalue weighted by Crippen LogP contribution is 2.54. The molecule has 0 aromatic heterocycles. The van der Waals surface area contributed by atoms with E-state index in [0.29, 0.717) is 6.54 Å². The van der Waals surface area contributed by atoms with Gasteiger partial charge in [-0.25, -0.2) is 0 Å². The fraction of sp³-hybridized carbons (Fsp3) is 0.889. The molecule has 2 saturated heterocycles. The minimum atomic E-state index is -0.265. The Kier molecular flexibility index (Phi) is 1.85. The number of rotatable bonds is 3. The van der Waals surface area contributed by atoms with Crippen molar-refractivity contribution in [2.45, 2.75) is 37.4 Å². The Bertz CT molecular complexity index is 233. The number of nitrogens with one attached hydrogen (secondary N) is 1. The number of fused-ring (bicyclic) bond motifs is 1. The monoisotopic (exact) mass is 185 g/mol. The summed E-state index contributed by atoms with van der Waals surface area (Å²) in [5.74, 6) is -0.0219.